The van der Waals surface area contributed by atoms with Crippen molar-refractivity contribution in [2.45, 2.75) is 18.8 Å². The molecule has 2 aromatic carbocycles. The van der Waals surface area contributed by atoms with Gasteiger partial charge in [-0.25, -0.2) is 4.79 Å². The van der Waals surface area contributed by atoms with Crippen LogP contribution in [0.3, 0.4) is 0 Å². The second-order valence-corrected chi connectivity index (χ2v) is 6.07. The molecule has 1 aromatic heterocycles. The molecular weight excluding hydrogens is 322 g/mol. The molecule has 1 atom stereocenters. The van der Waals surface area contributed by atoms with Crippen molar-refractivity contribution in [3.05, 3.63) is 64.6 Å². The molecule has 0 saturated carbocycles. The molecule has 0 bridgehead atoms. The molecule has 0 aliphatic heterocycles. The maximum Gasteiger partial charge on any atom is 0.323 e. The van der Waals surface area contributed by atoms with E-state index in [1.807, 2.05) is 0 Å². The number of imidazole rings is 1. The lowest BCUT2D eigenvalue weighted by Crippen LogP contribution is -2.36. The molecule has 1 heterocycles. The van der Waals surface area contributed by atoms with Crippen molar-refractivity contribution in [3.63, 3.8) is 0 Å². The summed E-state index contributed by atoms with van der Waals surface area (Å²) in [6, 6.07) is 13.6. The molecule has 4 N–H and O–H groups in total. The number of hydrogen-bond donors (Lipinski definition) is 4. The standard InChI is InChI=1S/C18H17N3O4/c1-18(16(23)24,11-5-3-2-4-6-11)10-15(22)19-12-7-8-13-14(9-12)21-17(25)20-13/h2-9H,10H2,1H3,(H,19,22)(H,23,24)(H2,20,21,25). The third kappa shape index (κ3) is 3.30. The number of H-pyrrole nitrogens is 2. The number of benzene rings is 2. The number of anilines is 1. The highest BCUT2D eigenvalue weighted by atomic mass is 16.4. The van der Waals surface area contributed by atoms with E-state index in [1.165, 1.54) is 6.92 Å². The maximum atomic E-state index is 12.4. The van der Waals surface area contributed by atoms with Gasteiger partial charge in [0.2, 0.25) is 5.91 Å². The van der Waals surface area contributed by atoms with Gasteiger partial charge in [0.05, 0.1) is 16.4 Å². The number of carboxylic acid groups (broad SMARTS) is 1. The van der Waals surface area contributed by atoms with E-state index in [9.17, 15) is 19.5 Å². The molecule has 1 amide bonds. The lowest BCUT2D eigenvalue weighted by molar-refractivity contribution is -0.145. The minimum atomic E-state index is -1.34. The minimum absolute atomic E-state index is 0.214. The summed E-state index contributed by atoms with van der Waals surface area (Å²) in [4.78, 5) is 40.7. The van der Waals surface area contributed by atoms with Crippen molar-refractivity contribution in [1.82, 2.24) is 9.97 Å². The molecule has 3 rings (SSSR count). The zero-order valence-corrected chi connectivity index (χ0v) is 13.5. The first kappa shape index (κ1) is 16.5. The minimum Gasteiger partial charge on any atom is -0.481 e. The molecular formula is C18H17N3O4. The van der Waals surface area contributed by atoms with Crippen molar-refractivity contribution in [1.29, 1.82) is 0 Å². The summed E-state index contributed by atoms with van der Waals surface area (Å²) in [6.45, 7) is 1.52. The molecule has 0 aliphatic carbocycles. The van der Waals surface area contributed by atoms with Gasteiger partial charge >= 0.3 is 11.7 Å². The third-order valence-electron chi connectivity index (χ3n) is 4.20. The zero-order valence-electron chi connectivity index (χ0n) is 13.5. The third-order valence-corrected chi connectivity index (χ3v) is 4.20. The molecule has 1 unspecified atom stereocenters. The lowest BCUT2D eigenvalue weighted by Gasteiger charge is -2.24. The SMILES string of the molecule is CC(CC(=O)Nc1ccc2[nH]c(=O)[nH]c2c1)(C(=O)O)c1ccccc1. The highest BCUT2D eigenvalue weighted by Gasteiger charge is 2.37. The van der Waals surface area contributed by atoms with Crippen LogP contribution in [0.25, 0.3) is 11.0 Å². The van der Waals surface area contributed by atoms with Gasteiger partial charge in [0.15, 0.2) is 0 Å². The van der Waals surface area contributed by atoms with E-state index >= 15 is 0 Å². The van der Waals surface area contributed by atoms with Gasteiger partial charge in [0.1, 0.15) is 0 Å². The van der Waals surface area contributed by atoms with Crippen LogP contribution in [0.2, 0.25) is 0 Å². The molecule has 7 heteroatoms. The van der Waals surface area contributed by atoms with Crippen LogP contribution < -0.4 is 11.0 Å². The van der Waals surface area contributed by atoms with Crippen molar-refractivity contribution in [2.24, 2.45) is 0 Å². The molecule has 7 nitrogen and oxygen atoms in total. The molecule has 0 radical (unpaired) electrons. The monoisotopic (exact) mass is 339 g/mol. The van der Waals surface area contributed by atoms with Crippen LogP contribution in [0.15, 0.2) is 53.3 Å². The first-order chi connectivity index (χ1) is 11.9. The Morgan fingerprint density at radius 3 is 2.44 bits per heavy atom. The summed E-state index contributed by atoms with van der Waals surface area (Å²) in [5, 5.41) is 12.3. The van der Waals surface area contributed by atoms with Crippen LogP contribution >= 0.6 is 0 Å². The fraction of sp³-hybridized carbons (Fsp3) is 0.167. The Balaban J connectivity index is 1.81. The highest BCUT2D eigenvalue weighted by molar-refractivity contribution is 5.97. The summed E-state index contributed by atoms with van der Waals surface area (Å²) >= 11 is 0. The Bertz CT molecular complexity index is 990. The average molecular weight is 339 g/mol. The predicted molar refractivity (Wildman–Crippen MR) is 93.6 cm³/mol. The number of amides is 1. The zero-order chi connectivity index (χ0) is 18.0. The van der Waals surface area contributed by atoms with E-state index in [0.29, 0.717) is 22.3 Å². The van der Waals surface area contributed by atoms with E-state index < -0.39 is 17.3 Å². The van der Waals surface area contributed by atoms with Crippen LogP contribution in [-0.4, -0.2) is 27.0 Å². The summed E-state index contributed by atoms with van der Waals surface area (Å²) in [6.07, 6.45) is -0.214. The molecule has 0 fully saturated rings. The van der Waals surface area contributed by atoms with Gasteiger partial charge in [-0.3, -0.25) is 9.59 Å². The predicted octanol–water partition coefficient (Wildman–Crippen LogP) is 2.23. The number of carbonyl (C=O) groups excluding carboxylic acids is 1. The van der Waals surface area contributed by atoms with Crippen LogP contribution in [-0.2, 0) is 15.0 Å². The maximum absolute atomic E-state index is 12.4. The number of nitrogens with one attached hydrogen (secondary N) is 3. The Hall–Kier alpha value is -3.35. The number of carboxylic acids is 1. The molecule has 128 valence electrons. The summed E-state index contributed by atoms with van der Waals surface area (Å²) < 4.78 is 0. The number of fused-ring (bicyclic) bond motifs is 1. The number of aromatic amines is 2. The molecule has 0 aliphatic rings. The second kappa shape index (κ2) is 6.27. The smallest absolute Gasteiger partial charge is 0.323 e. The van der Waals surface area contributed by atoms with Crippen LogP contribution in [0, 0.1) is 0 Å². The van der Waals surface area contributed by atoms with E-state index in [2.05, 4.69) is 15.3 Å². The van der Waals surface area contributed by atoms with Crippen LogP contribution in [0.1, 0.15) is 18.9 Å². The Kier molecular flexibility index (Phi) is 4.14. The van der Waals surface area contributed by atoms with Gasteiger partial charge < -0.3 is 20.4 Å². The number of hydrogen-bond acceptors (Lipinski definition) is 3. The van der Waals surface area contributed by atoms with Gasteiger partial charge in [0, 0.05) is 12.1 Å². The van der Waals surface area contributed by atoms with Crippen molar-refractivity contribution >= 4 is 28.6 Å². The van der Waals surface area contributed by atoms with Crippen molar-refractivity contribution in [2.75, 3.05) is 5.32 Å². The molecule has 0 spiro atoms. The normalized spacial score (nSPS) is 13.3. The van der Waals surface area contributed by atoms with Gasteiger partial charge in [-0.05, 0) is 30.7 Å². The second-order valence-electron chi connectivity index (χ2n) is 6.07. The summed E-state index contributed by atoms with van der Waals surface area (Å²) in [7, 11) is 0. The number of aromatic nitrogens is 2. The molecule has 0 saturated heterocycles. The Labute approximate surface area is 142 Å². The van der Waals surface area contributed by atoms with Crippen LogP contribution in [0.4, 0.5) is 5.69 Å². The van der Waals surface area contributed by atoms with Gasteiger partial charge in [-0.15, -0.1) is 0 Å². The van der Waals surface area contributed by atoms with E-state index in [-0.39, 0.29) is 12.1 Å². The highest BCUT2D eigenvalue weighted by Crippen LogP contribution is 2.28. The first-order valence-electron chi connectivity index (χ1n) is 7.69. The number of carbonyl (C=O) groups is 2. The average Bonchev–Trinajstić information content (AvgIpc) is 2.94. The van der Waals surface area contributed by atoms with Gasteiger partial charge in [0.25, 0.3) is 0 Å². The molecule has 25 heavy (non-hydrogen) atoms. The van der Waals surface area contributed by atoms with Crippen molar-refractivity contribution in [3.8, 4) is 0 Å². The number of aliphatic carboxylic acids is 1. The quantitative estimate of drug-likeness (QED) is 0.570. The van der Waals surface area contributed by atoms with Crippen molar-refractivity contribution < 1.29 is 14.7 Å². The Morgan fingerprint density at radius 2 is 1.76 bits per heavy atom. The fourth-order valence-electron chi connectivity index (χ4n) is 2.74. The summed E-state index contributed by atoms with van der Waals surface area (Å²) in [5.41, 5.74) is 0.560. The van der Waals surface area contributed by atoms with E-state index in [0.717, 1.165) is 0 Å². The van der Waals surface area contributed by atoms with Gasteiger partial charge in [-0.1, -0.05) is 30.3 Å². The fourth-order valence-corrected chi connectivity index (χ4v) is 2.74. The molecule has 3 aromatic rings. The summed E-state index contributed by atoms with van der Waals surface area (Å²) in [5.74, 6) is -1.50. The Morgan fingerprint density at radius 1 is 1.08 bits per heavy atom. The van der Waals surface area contributed by atoms with E-state index in [4.69, 9.17) is 0 Å². The number of rotatable bonds is 5. The topological polar surface area (TPSA) is 115 Å². The van der Waals surface area contributed by atoms with Crippen LogP contribution in [0.5, 0.6) is 0 Å². The lowest BCUT2D eigenvalue weighted by atomic mass is 9.79. The van der Waals surface area contributed by atoms with E-state index in [1.54, 1.807) is 48.5 Å². The first-order valence-corrected chi connectivity index (χ1v) is 7.69. The largest absolute Gasteiger partial charge is 0.481 e. The van der Waals surface area contributed by atoms with Gasteiger partial charge in [-0.2, -0.15) is 0 Å².